The summed E-state index contributed by atoms with van der Waals surface area (Å²) >= 11 is 0. The van der Waals surface area contributed by atoms with Crippen LogP contribution in [0.5, 0.6) is 0 Å². The van der Waals surface area contributed by atoms with Gasteiger partial charge in [-0.3, -0.25) is 4.79 Å². The molecule has 0 bridgehead atoms. The van der Waals surface area contributed by atoms with Gasteiger partial charge in [-0.1, -0.05) is 18.2 Å². The van der Waals surface area contributed by atoms with Crippen molar-refractivity contribution in [2.24, 2.45) is 11.3 Å². The molecule has 5 heteroatoms. The Labute approximate surface area is 136 Å². The van der Waals surface area contributed by atoms with E-state index in [2.05, 4.69) is 5.32 Å². The molecule has 4 rings (SSSR count). The minimum atomic E-state index is -0.350. The van der Waals surface area contributed by atoms with Gasteiger partial charge in [0.25, 0.3) is 0 Å². The van der Waals surface area contributed by atoms with Gasteiger partial charge in [-0.05, 0) is 43.8 Å². The van der Waals surface area contributed by atoms with Crippen molar-refractivity contribution in [1.29, 1.82) is 0 Å². The van der Waals surface area contributed by atoms with E-state index in [1.54, 1.807) is 12.1 Å². The van der Waals surface area contributed by atoms with Crippen LogP contribution in [0.15, 0.2) is 24.3 Å². The van der Waals surface area contributed by atoms with E-state index in [9.17, 15) is 9.18 Å². The Morgan fingerprint density at radius 1 is 1.30 bits per heavy atom. The van der Waals surface area contributed by atoms with Crippen molar-refractivity contribution in [3.05, 3.63) is 35.6 Å². The van der Waals surface area contributed by atoms with Gasteiger partial charge >= 0.3 is 0 Å². The number of rotatable bonds is 2. The molecular weight excluding hydrogens is 295 g/mol. The Morgan fingerprint density at radius 2 is 2.09 bits per heavy atom. The number of halogens is 1. The highest BCUT2D eigenvalue weighted by atomic mass is 19.1. The van der Waals surface area contributed by atoms with Crippen molar-refractivity contribution in [1.82, 2.24) is 10.2 Å². The van der Waals surface area contributed by atoms with E-state index in [1.807, 2.05) is 11.0 Å². The van der Waals surface area contributed by atoms with Crippen molar-refractivity contribution >= 4 is 5.91 Å². The number of nitrogens with zero attached hydrogens (tertiary/aromatic N) is 1. The van der Waals surface area contributed by atoms with Crippen molar-refractivity contribution in [3.8, 4) is 0 Å². The van der Waals surface area contributed by atoms with Crippen LogP contribution in [-0.2, 0) is 9.53 Å². The first-order valence-corrected chi connectivity index (χ1v) is 8.55. The Morgan fingerprint density at radius 3 is 2.87 bits per heavy atom. The molecule has 1 spiro atoms. The molecule has 2 saturated heterocycles. The number of hydrogen-bond acceptors (Lipinski definition) is 3. The number of amides is 1. The molecule has 2 atom stereocenters. The molecule has 0 radical (unpaired) electrons. The highest BCUT2D eigenvalue weighted by Gasteiger charge is 2.58. The Bertz CT molecular complexity index is 600. The number of carbonyl (C=O) groups excluding carboxylic acids is 1. The second-order valence-electron chi connectivity index (χ2n) is 7.03. The molecule has 4 nitrogen and oxygen atoms in total. The van der Waals surface area contributed by atoms with Gasteiger partial charge < -0.3 is 15.0 Å². The molecule has 3 fully saturated rings. The molecule has 3 aliphatic rings. The predicted octanol–water partition coefficient (Wildman–Crippen LogP) is 2.12. The van der Waals surface area contributed by atoms with Gasteiger partial charge in [0.2, 0.25) is 5.91 Å². The van der Waals surface area contributed by atoms with Crippen molar-refractivity contribution in [2.75, 3.05) is 32.8 Å². The molecule has 2 aliphatic heterocycles. The van der Waals surface area contributed by atoms with Crippen LogP contribution >= 0.6 is 0 Å². The Hall–Kier alpha value is -1.46. The third-order valence-electron chi connectivity index (χ3n) is 5.72. The minimum Gasteiger partial charge on any atom is -0.370 e. The largest absolute Gasteiger partial charge is 0.370 e. The summed E-state index contributed by atoms with van der Waals surface area (Å²) in [6.07, 6.45) is 2.88. The van der Waals surface area contributed by atoms with Gasteiger partial charge in [0, 0.05) is 18.0 Å². The molecule has 1 aromatic rings. The van der Waals surface area contributed by atoms with Crippen LogP contribution in [0.4, 0.5) is 4.39 Å². The molecule has 0 unspecified atom stereocenters. The Balaban J connectivity index is 1.44. The lowest BCUT2D eigenvalue weighted by molar-refractivity contribution is -0.141. The van der Waals surface area contributed by atoms with Gasteiger partial charge in [-0.15, -0.1) is 0 Å². The van der Waals surface area contributed by atoms with E-state index in [4.69, 9.17) is 4.74 Å². The standard InChI is InChI=1S/C18H23FN2O2/c19-15-4-2-1-3-13(15)16-12-21(9-10-23-16)17(22)14-11-18(14)5-7-20-8-6-18/h1-4,14,16,20H,5-12H2/t14-,16+/m0/s1. The smallest absolute Gasteiger partial charge is 0.226 e. The van der Waals surface area contributed by atoms with Crippen LogP contribution in [0.25, 0.3) is 0 Å². The average molecular weight is 318 g/mol. The van der Waals surface area contributed by atoms with Gasteiger partial charge in [0.1, 0.15) is 11.9 Å². The van der Waals surface area contributed by atoms with Gasteiger partial charge in [0.15, 0.2) is 0 Å². The highest BCUT2D eigenvalue weighted by Crippen LogP contribution is 2.59. The summed E-state index contributed by atoms with van der Waals surface area (Å²) in [6.45, 7) is 3.60. The number of piperidine rings is 1. The summed E-state index contributed by atoms with van der Waals surface area (Å²) < 4.78 is 19.7. The number of nitrogens with one attached hydrogen (secondary N) is 1. The van der Waals surface area contributed by atoms with Crippen LogP contribution < -0.4 is 5.32 Å². The molecule has 1 saturated carbocycles. The molecule has 1 N–H and O–H groups in total. The SMILES string of the molecule is O=C([C@@H]1CC12CCNCC2)N1CCO[C@@H](c2ccccc2F)C1. The molecule has 1 aromatic carbocycles. The lowest BCUT2D eigenvalue weighted by Crippen LogP contribution is -2.44. The van der Waals surface area contributed by atoms with Crippen LogP contribution in [0.2, 0.25) is 0 Å². The summed E-state index contributed by atoms with van der Waals surface area (Å²) in [5, 5.41) is 3.37. The van der Waals surface area contributed by atoms with Crippen LogP contribution in [0.1, 0.15) is 30.9 Å². The monoisotopic (exact) mass is 318 g/mol. The van der Waals surface area contributed by atoms with Crippen molar-refractivity contribution in [2.45, 2.75) is 25.4 Å². The third kappa shape index (κ3) is 2.76. The van der Waals surface area contributed by atoms with E-state index < -0.39 is 0 Å². The lowest BCUT2D eigenvalue weighted by atomic mass is 9.91. The van der Waals surface area contributed by atoms with E-state index >= 15 is 0 Å². The van der Waals surface area contributed by atoms with Gasteiger partial charge in [0.05, 0.1) is 13.2 Å². The maximum Gasteiger partial charge on any atom is 0.226 e. The molecule has 0 aromatic heterocycles. The number of benzene rings is 1. The maximum absolute atomic E-state index is 14.0. The fourth-order valence-corrected chi connectivity index (χ4v) is 4.17. The van der Waals surface area contributed by atoms with Crippen molar-refractivity contribution < 1.29 is 13.9 Å². The normalized spacial score (nSPS) is 29.5. The zero-order chi connectivity index (χ0) is 15.9. The van der Waals surface area contributed by atoms with E-state index in [0.29, 0.717) is 25.3 Å². The fraction of sp³-hybridized carbons (Fsp3) is 0.611. The van der Waals surface area contributed by atoms with E-state index in [1.165, 1.54) is 6.07 Å². The molecule has 1 amide bonds. The summed E-state index contributed by atoms with van der Waals surface area (Å²) in [5.41, 5.74) is 0.797. The second kappa shape index (κ2) is 5.87. The van der Waals surface area contributed by atoms with Crippen LogP contribution in [0, 0.1) is 17.2 Å². The van der Waals surface area contributed by atoms with Crippen LogP contribution in [-0.4, -0.2) is 43.6 Å². The highest BCUT2D eigenvalue weighted by molar-refractivity contribution is 5.83. The molecule has 1 aliphatic carbocycles. The van der Waals surface area contributed by atoms with Crippen LogP contribution in [0.3, 0.4) is 0 Å². The second-order valence-corrected chi connectivity index (χ2v) is 7.03. The number of morpholine rings is 1. The quantitative estimate of drug-likeness (QED) is 0.908. The average Bonchev–Trinajstić information content (AvgIpc) is 3.28. The van der Waals surface area contributed by atoms with Gasteiger partial charge in [-0.25, -0.2) is 4.39 Å². The molecule has 2 heterocycles. The summed E-state index contributed by atoms with van der Waals surface area (Å²) in [7, 11) is 0. The van der Waals surface area contributed by atoms with E-state index in [0.717, 1.165) is 32.4 Å². The Kier molecular flexibility index (Phi) is 3.85. The lowest BCUT2D eigenvalue weighted by Gasteiger charge is -2.34. The molecular formula is C18H23FN2O2. The first-order valence-electron chi connectivity index (χ1n) is 8.55. The number of hydrogen-bond donors (Lipinski definition) is 1. The first-order chi connectivity index (χ1) is 11.2. The topological polar surface area (TPSA) is 41.6 Å². The molecule has 23 heavy (non-hydrogen) atoms. The maximum atomic E-state index is 14.0. The summed E-state index contributed by atoms with van der Waals surface area (Å²) in [4.78, 5) is 14.7. The van der Waals surface area contributed by atoms with Gasteiger partial charge in [-0.2, -0.15) is 0 Å². The van der Waals surface area contributed by atoms with Crippen molar-refractivity contribution in [3.63, 3.8) is 0 Å². The fourth-order valence-electron chi connectivity index (χ4n) is 4.17. The van der Waals surface area contributed by atoms with E-state index in [-0.39, 0.29) is 29.2 Å². The predicted molar refractivity (Wildman–Crippen MR) is 84.3 cm³/mol. The first kappa shape index (κ1) is 15.1. The third-order valence-corrected chi connectivity index (χ3v) is 5.72. The summed E-state index contributed by atoms with van der Waals surface area (Å²) in [5.74, 6) is 0.161. The zero-order valence-corrected chi connectivity index (χ0v) is 13.3. The summed E-state index contributed by atoms with van der Waals surface area (Å²) in [6, 6.07) is 6.69. The zero-order valence-electron chi connectivity index (χ0n) is 13.3. The number of ether oxygens (including phenoxy) is 1. The minimum absolute atomic E-state index is 0.170. The molecule has 124 valence electrons. The number of carbonyl (C=O) groups is 1.